The van der Waals surface area contributed by atoms with E-state index in [0.717, 1.165) is 29.2 Å². The third kappa shape index (κ3) is 5.48. The minimum Gasteiger partial charge on any atom is -0.353 e. The lowest BCUT2D eigenvalue weighted by molar-refractivity contribution is -0.147. The smallest absolute Gasteiger partial charge is 0.353 e. The van der Waals surface area contributed by atoms with Gasteiger partial charge in [0.2, 0.25) is 11.7 Å². The Kier molecular flexibility index (Phi) is 6.69. The van der Waals surface area contributed by atoms with E-state index in [-0.39, 0.29) is 17.1 Å². The van der Waals surface area contributed by atoms with Crippen molar-refractivity contribution in [3.8, 4) is 0 Å². The van der Waals surface area contributed by atoms with Crippen LogP contribution < -0.4 is 5.32 Å². The molecule has 1 amide bonds. The number of rotatable bonds is 7. The largest absolute Gasteiger partial charge is 0.451 e. The average Bonchev–Trinajstić information content (AvgIpc) is 2.94. The molecule has 0 spiro atoms. The molecule has 2 aromatic rings. The normalized spacial score (nSPS) is 14.1. The van der Waals surface area contributed by atoms with E-state index in [1.54, 1.807) is 6.92 Å². The van der Waals surface area contributed by atoms with E-state index in [1.807, 2.05) is 37.3 Å². The summed E-state index contributed by atoms with van der Waals surface area (Å²) >= 11 is 0.949. The Morgan fingerprint density at radius 1 is 1.23 bits per heavy atom. The number of aryl methyl sites for hydroxylation is 1. The van der Waals surface area contributed by atoms with Crippen LogP contribution in [0.15, 0.2) is 35.5 Å². The quantitative estimate of drug-likeness (QED) is 0.741. The molecule has 26 heavy (non-hydrogen) atoms. The number of hydrogen-bond acceptors (Lipinski definition) is 4. The minimum atomic E-state index is -4.57. The van der Waals surface area contributed by atoms with Crippen molar-refractivity contribution in [1.82, 2.24) is 20.1 Å². The van der Waals surface area contributed by atoms with Crippen molar-refractivity contribution < 1.29 is 18.0 Å². The Balaban J connectivity index is 1.86. The summed E-state index contributed by atoms with van der Waals surface area (Å²) in [6.07, 6.45) is -2.96. The molecule has 9 heteroatoms. The van der Waals surface area contributed by atoms with Crippen molar-refractivity contribution in [1.29, 1.82) is 0 Å². The van der Waals surface area contributed by atoms with Crippen LogP contribution in [0.2, 0.25) is 0 Å². The lowest BCUT2D eigenvalue weighted by atomic mass is 10.1. The monoisotopic (exact) mass is 386 g/mol. The fourth-order valence-corrected chi connectivity index (χ4v) is 3.16. The van der Waals surface area contributed by atoms with Crippen LogP contribution in [0, 0.1) is 0 Å². The van der Waals surface area contributed by atoms with Gasteiger partial charge in [-0.1, -0.05) is 42.1 Å². The van der Waals surface area contributed by atoms with Crippen molar-refractivity contribution in [2.75, 3.05) is 0 Å². The second kappa shape index (κ2) is 8.57. The van der Waals surface area contributed by atoms with Gasteiger partial charge in [-0.2, -0.15) is 13.2 Å². The first-order valence-electron chi connectivity index (χ1n) is 8.16. The fraction of sp³-hybridized carbons (Fsp3) is 0.471. The van der Waals surface area contributed by atoms with Gasteiger partial charge in [0.25, 0.3) is 0 Å². The molecule has 1 heterocycles. The molecule has 1 aromatic carbocycles. The minimum absolute atomic E-state index is 0.0454. The maximum absolute atomic E-state index is 12.7. The molecular formula is C17H21F3N4OS. The van der Waals surface area contributed by atoms with Crippen molar-refractivity contribution in [3.05, 3.63) is 41.7 Å². The summed E-state index contributed by atoms with van der Waals surface area (Å²) < 4.78 is 39.1. The molecule has 5 nitrogen and oxygen atoms in total. The van der Waals surface area contributed by atoms with E-state index < -0.39 is 17.3 Å². The molecule has 0 saturated heterocycles. The van der Waals surface area contributed by atoms with Crippen LogP contribution in [-0.4, -0.2) is 32.0 Å². The fourth-order valence-electron chi connectivity index (χ4n) is 2.34. The molecular weight excluding hydrogens is 365 g/mol. The van der Waals surface area contributed by atoms with E-state index >= 15 is 0 Å². The van der Waals surface area contributed by atoms with Gasteiger partial charge in [-0.3, -0.25) is 4.79 Å². The molecule has 142 valence electrons. The van der Waals surface area contributed by atoms with Crippen molar-refractivity contribution in [2.24, 2.45) is 7.05 Å². The number of nitrogens with one attached hydrogen (secondary N) is 1. The molecule has 0 aliphatic heterocycles. The van der Waals surface area contributed by atoms with Crippen LogP contribution in [0.3, 0.4) is 0 Å². The predicted octanol–water partition coefficient (Wildman–Crippen LogP) is 3.45. The Labute approximate surface area is 154 Å². The van der Waals surface area contributed by atoms with E-state index in [0.29, 0.717) is 0 Å². The number of thioether (sulfide) groups is 1. The van der Waals surface area contributed by atoms with Crippen LogP contribution in [-0.2, 0) is 24.4 Å². The van der Waals surface area contributed by atoms with Gasteiger partial charge in [-0.25, -0.2) is 0 Å². The third-order valence-electron chi connectivity index (χ3n) is 3.84. The Bertz CT molecular complexity index is 733. The molecule has 0 radical (unpaired) electrons. The summed E-state index contributed by atoms with van der Waals surface area (Å²) in [4.78, 5) is 12.3. The van der Waals surface area contributed by atoms with Crippen molar-refractivity contribution >= 4 is 17.7 Å². The number of hydrogen-bond donors (Lipinski definition) is 1. The molecule has 0 aliphatic rings. The van der Waals surface area contributed by atoms with Crippen molar-refractivity contribution in [2.45, 2.75) is 49.3 Å². The number of benzene rings is 1. The zero-order valence-corrected chi connectivity index (χ0v) is 15.6. The lowest BCUT2D eigenvalue weighted by Gasteiger charge is -2.17. The number of carbonyl (C=O) groups is 1. The highest BCUT2D eigenvalue weighted by Gasteiger charge is 2.37. The summed E-state index contributed by atoms with van der Waals surface area (Å²) in [6.45, 7) is 3.54. The second-order valence-corrected chi connectivity index (χ2v) is 7.36. The molecule has 2 atom stereocenters. The van der Waals surface area contributed by atoms with Crippen molar-refractivity contribution in [3.63, 3.8) is 0 Å². The van der Waals surface area contributed by atoms with Gasteiger partial charge in [0, 0.05) is 13.1 Å². The standard InChI is InChI=1S/C17H21F3N4OS/c1-11(9-10-13-7-5-4-6-8-13)21-14(25)12(2)26-16-23-22-15(24(16)3)17(18,19)20/h4-8,11-12H,9-10H2,1-3H3,(H,21,25)/t11-,12+/m0/s1. The van der Waals surface area contributed by atoms with Gasteiger partial charge in [-0.15, -0.1) is 10.2 Å². The van der Waals surface area contributed by atoms with Gasteiger partial charge >= 0.3 is 6.18 Å². The first kappa shape index (κ1) is 20.3. The van der Waals surface area contributed by atoms with E-state index in [4.69, 9.17) is 0 Å². The van der Waals surface area contributed by atoms with Crippen LogP contribution in [0.4, 0.5) is 13.2 Å². The summed E-state index contributed by atoms with van der Waals surface area (Å²) in [7, 11) is 1.23. The number of nitrogens with zero attached hydrogens (tertiary/aromatic N) is 3. The van der Waals surface area contributed by atoms with E-state index in [2.05, 4.69) is 15.5 Å². The SMILES string of the molecule is C[C@@H](CCc1ccccc1)NC(=O)[C@@H](C)Sc1nnc(C(F)(F)F)n1C. The predicted molar refractivity (Wildman–Crippen MR) is 93.7 cm³/mol. The van der Waals surface area contributed by atoms with Crippen LogP contribution >= 0.6 is 11.8 Å². The lowest BCUT2D eigenvalue weighted by Crippen LogP contribution is -2.38. The van der Waals surface area contributed by atoms with Crippen LogP contribution in [0.5, 0.6) is 0 Å². The Hall–Kier alpha value is -2.03. The number of alkyl halides is 3. The van der Waals surface area contributed by atoms with Gasteiger partial charge < -0.3 is 9.88 Å². The zero-order valence-electron chi connectivity index (χ0n) is 14.7. The molecule has 0 fully saturated rings. The number of aromatic nitrogens is 3. The summed E-state index contributed by atoms with van der Waals surface area (Å²) in [5.41, 5.74) is 1.19. The number of amides is 1. The first-order chi connectivity index (χ1) is 12.2. The van der Waals surface area contributed by atoms with E-state index in [9.17, 15) is 18.0 Å². The summed E-state index contributed by atoms with van der Waals surface area (Å²) in [6, 6.07) is 9.89. The molecule has 0 bridgehead atoms. The molecule has 2 rings (SSSR count). The highest BCUT2D eigenvalue weighted by Crippen LogP contribution is 2.30. The number of carbonyl (C=O) groups excluding carboxylic acids is 1. The van der Waals surface area contributed by atoms with Gasteiger partial charge in [0.05, 0.1) is 5.25 Å². The topological polar surface area (TPSA) is 59.8 Å². The second-order valence-electron chi connectivity index (χ2n) is 6.06. The highest BCUT2D eigenvalue weighted by atomic mass is 32.2. The molecule has 0 aliphatic carbocycles. The molecule has 1 N–H and O–H groups in total. The summed E-state index contributed by atoms with van der Waals surface area (Å²) in [5, 5.41) is 9.05. The molecule has 1 aromatic heterocycles. The third-order valence-corrected chi connectivity index (χ3v) is 4.97. The van der Waals surface area contributed by atoms with E-state index in [1.165, 1.54) is 12.6 Å². The van der Waals surface area contributed by atoms with Gasteiger partial charge in [-0.05, 0) is 32.3 Å². The number of halogens is 3. The maximum Gasteiger partial charge on any atom is 0.451 e. The molecule has 0 saturated carbocycles. The highest BCUT2D eigenvalue weighted by molar-refractivity contribution is 8.00. The zero-order chi connectivity index (χ0) is 19.3. The van der Waals surface area contributed by atoms with Gasteiger partial charge in [0.1, 0.15) is 0 Å². The summed E-state index contributed by atoms with van der Waals surface area (Å²) in [5.74, 6) is -1.32. The Morgan fingerprint density at radius 3 is 2.46 bits per heavy atom. The van der Waals surface area contributed by atoms with Gasteiger partial charge in [0.15, 0.2) is 5.16 Å². The first-order valence-corrected chi connectivity index (χ1v) is 9.04. The maximum atomic E-state index is 12.7. The Morgan fingerprint density at radius 2 is 1.88 bits per heavy atom. The average molecular weight is 386 g/mol. The van der Waals surface area contributed by atoms with Crippen LogP contribution in [0.25, 0.3) is 0 Å². The van der Waals surface area contributed by atoms with Crippen LogP contribution in [0.1, 0.15) is 31.7 Å². The molecule has 0 unspecified atom stereocenters.